The fourth-order valence-electron chi connectivity index (χ4n) is 2.70. The lowest BCUT2D eigenvalue weighted by Crippen LogP contribution is -2.35. The van der Waals surface area contributed by atoms with Crippen LogP contribution in [0.2, 0.25) is 0 Å². The molecule has 114 valence electrons. The number of thiophene rings is 1. The van der Waals surface area contributed by atoms with Crippen LogP contribution in [0.4, 0.5) is 5.82 Å². The molecule has 1 atom stereocenters. The molecule has 3 rings (SSSR count). The van der Waals surface area contributed by atoms with Crippen LogP contribution in [0, 0.1) is 6.92 Å². The predicted molar refractivity (Wildman–Crippen MR) is 85.2 cm³/mol. The van der Waals surface area contributed by atoms with Crippen molar-refractivity contribution in [3.63, 3.8) is 0 Å². The van der Waals surface area contributed by atoms with Crippen molar-refractivity contribution < 1.29 is 9.47 Å². The van der Waals surface area contributed by atoms with Crippen LogP contribution in [0.5, 0.6) is 0 Å². The summed E-state index contributed by atoms with van der Waals surface area (Å²) in [6.45, 7) is 5.19. The molecule has 3 heterocycles. The van der Waals surface area contributed by atoms with Gasteiger partial charge in [-0.3, -0.25) is 0 Å². The van der Waals surface area contributed by atoms with Gasteiger partial charge in [0.15, 0.2) is 0 Å². The van der Waals surface area contributed by atoms with Crippen molar-refractivity contribution in [1.29, 1.82) is 0 Å². The number of fused-ring (bicyclic) bond motifs is 1. The molecule has 1 aliphatic heterocycles. The topological polar surface area (TPSA) is 47.5 Å². The first-order valence-corrected chi connectivity index (χ1v) is 8.23. The maximum atomic E-state index is 5.79. The molecule has 21 heavy (non-hydrogen) atoms. The fraction of sp³-hybridized carbons (Fsp3) is 0.600. The largest absolute Gasteiger partial charge is 0.383 e. The number of aryl methyl sites for hydroxylation is 1. The summed E-state index contributed by atoms with van der Waals surface area (Å²) < 4.78 is 11.0. The second-order valence-corrected chi connectivity index (χ2v) is 6.20. The van der Waals surface area contributed by atoms with Crippen LogP contribution in [-0.2, 0) is 9.47 Å². The molecular weight excluding hydrogens is 286 g/mol. The lowest BCUT2D eigenvalue weighted by atomic mass is 10.2. The van der Waals surface area contributed by atoms with Gasteiger partial charge in [-0.2, -0.15) is 0 Å². The van der Waals surface area contributed by atoms with Crippen molar-refractivity contribution in [2.45, 2.75) is 25.9 Å². The van der Waals surface area contributed by atoms with E-state index >= 15 is 0 Å². The Bertz CT molecular complexity index is 596. The van der Waals surface area contributed by atoms with E-state index in [2.05, 4.69) is 26.3 Å². The van der Waals surface area contributed by atoms with Crippen LogP contribution < -0.4 is 4.90 Å². The number of anilines is 1. The molecule has 0 aromatic carbocycles. The van der Waals surface area contributed by atoms with E-state index in [4.69, 9.17) is 9.47 Å². The maximum Gasteiger partial charge on any atom is 0.141 e. The second kappa shape index (κ2) is 6.68. The summed E-state index contributed by atoms with van der Waals surface area (Å²) >= 11 is 1.66. The first-order chi connectivity index (χ1) is 10.3. The van der Waals surface area contributed by atoms with Gasteiger partial charge in [0, 0.05) is 26.8 Å². The average molecular weight is 307 g/mol. The molecule has 1 fully saturated rings. The highest BCUT2D eigenvalue weighted by atomic mass is 32.1. The molecule has 5 nitrogen and oxygen atoms in total. The van der Waals surface area contributed by atoms with E-state index in [1.165, 1.54) is 0 Å². The Kier molecular flexibility index (Phi) is 4.67. The van der Waals surface area contributed by atoms with Crippen molar-refractivity contribution >= 4 is 27.4 Å². The third kappa shape index (κ3) is 3.33. The number of rotatable bonds is 6. The normalized spacial score (nSPS) is 18.5. The monoisotopic (exact) mass is 307 g/mol. The highest BCUT2D eigenvalue weighted by Gasteiger charge is 2.22. The second-order valence-electron chi connectivity index (χ2n) is 5.31. The Morgan fingerprint density at radius 3 is 3.14 bits per heavy atom. The van der Waals surface area contributed by atoms with E-state index in [1.807, 2.05) is 6.92 Å². The summed E-state index contributed by atoms with van der Waals surface area (Å²) in [6.07, 6.45) is 2.57. The van der Waals surface area contributed by atoms with Gasteiger partial charge < -0.3 is 14.4 Å². The van der Waals surface area contributed by atoms with Crippen LogP contribution in [-0.4, -0.2) is 49.5 Å². The van der Waals surface area contributed by atoms with Crippen molar-refractivity contribution in [1.82, 2.24) is 9.97 Å². The van der Waals surface area contributed by atoms with Crippen molar-refractivity contribution in [3.05, 3.63) is 17.3 Å². The molecule has 2 aromatic rings. The molecule has 0 saturated carbocycles. The van der Waals surface area contributed by atoms with Gasteiger partial charge in [0.2, 0.25) is 0 Å². The summed E-state index contributed by atoms with van der Waals surface area (Å²) in [4.78, 5) is 12.5. The third-order valence-electron chi connectivity index (χ3n) is 3.73. The molecule has 0 aliphatic carbocycles. The summed E-state index contributed by atoms with van der Waals surface area (Å²) in [5.41, 5.74) is 0. The maximum absolute atomic E-state index is 5.79. The van der Waals surface area contributed by atoms with E-state index in [1.54, 1.807) is 18.4 Å². The van der Waals surface area contributed by atoms with E-state index in [9.17, 15) is 0 Å². The molecule has 1 unspecified atom stereocenters. The van der Waals surface area contributed by atoms with Crippen LogP contribution in [0.25, 0.3) is 10.2 Å². The standard InChI is InChI=1S/C15H21N3O2S/c1-11-16-14(13-5-9-21-15(13)17-11)18(6-8-19-2)10-12-4-3-7-20-12/h5,9,12H,3-4,6-8,10H2,1-2H3. The Labute approximate surface area is 128 Å². The van der Waals surface area contributed by atoms with E-state index in [0.717, 1.165) is 54.4 Å². The highest BCUT2D eigenvalue weighted by molar-refractivity contribution is 7.16. The zero-order chi connectivity index (χ0) is 14.7. The molecule has 0 radical (unpaired) electrons. The minimum atomic E-state index is 0.297. The van der Waals surface area contributed by atoms with Crippen LogP contribution >= 0.6 is 11.3 Å². The van der Waals surface area contributed by atoms with Gasteiger partial charge in [-0.05, 0) is 31.2 Å². The van der Waals surface area contributed by atoms with Crippen molar-refractivity contribution in [2.75, 3.05) is 38.3 Å². The van der Waals surface area contributed by atoms with Crippen LogP contribution in [0.15, 0.2) is 11.4 Å². The number of methoxy groups -OCH3 is 1. The minimum Gasteiger partial charge on any atom is -0.383 e. The number of hydrogen-bond donors (Lipinski definition) is 0. The smallest absolute Gasteiger partial charge is 0.141 e. The third-order valence-corrected chi connectivity index (χ3v) is 4.54. The lowest BCUT2D eigenvalue weighted by Gasteiger charge is -2.27. The summed E-state index contributed by atoms with van der Waals surface area (Å²) in [6, 6.07) is 2.10. The van der Waals surface area contributed by atoms with E-state index in [-0.39, 0.29) is 0 Å². The van der Waals surface area contributed by atoms with Gasteiger partial charge in [-0.1, -0.05) is 0 Å². The summed E-state index contributed by atoms with van der Waals surface area (Å²) in [5.74, 6) is 1.82. The molecule has 6 heteroatoms. The SMILES string of the molecule is COCCN(CC1CCCO1)c1nc(C)nc2sccc12. The van der Waals surface area contributed by atoms with E-state index < -0.39 is 0 Å². The highest BCUT2D eigenvalue weighted by Crippen LogP contribution is 2.28. The van der Waals surface area contributed by atoms with Gasteiger partial charge in [-0.15, -0.1) is 11.3 Å². The molecule has 0 amide bonds. The first kappa shape index (κ1) is 14.7. The molecule has 0 spiro atoms. The van der Waals surface area contributed by atoms with Crippen LogP contribution in [0.3, 0.4) is 0 Å². The first-order valence-electron chi connectivity index (χ1n) is 7.35. The summed E-state index contributed by atoms with van der Waals surface area (Å²) in [5, 5.41) is 3.20. The number of nitrogens with zero attached hydrogens (tertiary/aromatic N) is 3. The molecule has 1 aliphatic rings. The number of aromatic nitrogens is 2. The van der Waals surface area contributed by atoms with Gasteiger partial charge >= 0.3 is 0 Å². The van der Waals surface area contributed by atoms with Gasteiger partial charge in [0.05, 0.1) is 18.1 Å². The van der Waals surface area contributed by atoms with Crippen molar-refractivity contribution in [3.8, 4) is 0 Å². The Morgan fingerprint density at radius 2 is 2.38 bits per heavy atom. The van der Waals surface area contributed by atoms with Crippen LogP contribution in [0.1, 0.15) is 18.7 Å². The quantitative estimate of drug-likeness (QED) is 0.821. The fourth-order valence-corrected chi connectivity index (χ4v) is 3.51. The molecular formula is C15H21N3O2S. The molecule has 0 bridgehead atoms. The van der Waals surface area contributed by atoms with Gasteiger partial charge in [0.25, 0.3) is 0 Å². The zero-order valence-electron chi connectivity index (χ0n) is 12.5. The zero-order valence-corrected chi connectivity index (χ0v) is 13.4. The van der Waals surface area contributed by atoms with Gasteiger partial charge in [0.1, 0.15) is 16.5 Å². The molecule has 0 N–H and O–H groups in total. The molecule has 2 aromatic heterocycles. The minimum absolute atomic E-state index is 0.297. The Hall–Kier alpha value is -1.24. The van der Waals surface area contributed by atoms with E-state index in [0.29, 0.717) is 12.7 Å². The summed E-state index contributed by atoms with van der Waals surface area (Å²) in [7, 11) is 1.73. The Morgan fingerprint density at radius 1 is 1.48 bits per heavy atom. The average Bonchev–Trinajstić information content (AvgIpc) is 3.13. The predicted octanol–water partition coefficient (Wildman–Crippen LogP) is 2.63. The lowest BCUT2D eigenvalue weighted by molar-refractivity contribution is 0.113. The number of hydrogen-bond acceptors (Lipinski definition) is 6. The van der Waals surface area contributed by atoms with Crippen molar-refractivity contribution in [2.24, 2.45) is 0 Å². The number of ether oxygens (including phenoxy) is 2. The Balaban J connectivity index is 1.90. The van der Waals surface area contributed by atoms with Gasteiger partial charge in [-0.25, -0.2) is 9.97 Å². The molecule has 1 saturated heterocycles.